The predicted molar refractivity (Wildman–Crippen MR) is 278 cm³/mol. The van der Waals surface area contributed by atoms with Crippen LogP contribution >= 0.6 is 0 Å². The first-order chi connectivity index (χ1) is 32.7. The van der Waals surface area contributed by atoms with Gasteiger partial charge in [-0.3, -0.25) is 0 Å². The molecule has 0 saturated carbocycles. The minimum absolute atomic E-state index is 0.570. The maximum absolute atomic E-state index is 2.46. The molecule has 310 valence electrons. The summed E-state index contributed by atoms with van der Waals surface area (Å²) in [5.74, 6) is 0. The normalized spacial score (nSPS) is 13.8. The van der Waals surface area contributed by atoms with Crippen LogP contribution in [0.1, 0.15) is 22.3 Å². The summed E-state index contributed by atoms with van der Waals surface area (Å²) < 4.78 is 0. The molecule has 1 aliphatic carbocycles. The highest BCUT2D eigenvalue weighted by molar-refractivity contribution is 5.99. The van der Waals surface area contributed by atoms with Crippen LogP contribution < -0.4 is 4.90 Å². The maximum Gasteiger partial charge on any atom is 0.0714 e. The van der Waals surface area contributed by atoms with Crippen molar-refractivity contribution >= 4 is 27.8 Å². The molecular formula is C65H45N. The van der Waals surface area contributed by atoms with E-state index < -0.39 is 5.41 Å². The van der Waals surface area contributed by atoms with Gasteiger partial charge in [-0.25, -0.2) is 0 Å². The molecule has 1 nitrogen and oxygen atoms in total. The fourth-order valence-electron chi connectivity index (χ4n) is 10.5. The topological polar surface area (TPSA) is 3.24 Å². The Bertz CT molecular complexity index is 3460. The van der Waals surface area contributed by atoms with Crippen molar-refractivity contribution in [1.29, 1.82) is 0 Å². The van der Waals surface area contributed by atoms with Crippen molar-refractivity contribution in [1.82, 2.24) is 0 Å². The summed E-state index contributed by atoms with van der Waals surface area (Å²) in [7, 11) is 0. The van der Waals surface area contributed by atoms with Gasteiger partial charge in [0.25, 0.3) is 0 Å². The Morgan fingerprint density at radius 1 is 0.258 bits per heavy atom. The smallest absolute Gasteiger partial charge is 0.0714 e. The number of benzene rings is 11. The van der Waals surface area contributed by atoms with E-state index >= 15 is 0 Å². The van der Waals surface area contributed by atoms with Gasteiger partial charge in [-0.1, -0.05) is 243 Å². The Balaban J connectivity index is 1.03. The van der Waals surface area contributed by atoms with Crippen LogP contribution in [0.4, 0.5) is 17.1 Å². The number of nitrogens with zero attached hydrogens (tertiary/aromatic N) is 1. The van der Waals surface area contributed by atoms with Gasteiger partial charge in [0, 0.05) is 16.9 Å². The van der Waals surface area contributed by atoms with Crippen LogP contribution in [-0.4, -0.2) is 0 Å². The molecule has 12 rings (SSSR count). The fraction of sp³-hybridized carbons (Fsp3) is 0.0154. The Hall–Kier alpha value is -8.52. The van der Waals surface area contributed by atoms with Gasteiger partial charge in [-0.15, -0.1) is 0 Å². The molecule has 11 aromatic carbocycles. The quantitative estimate of drug-likeness (QED) is 0.140. The van der Waals surface area contributed by atoms with E-state index in [0.29, 0.717) is 0 Å². The second-order valence-electron chi connectivity index (χ2n) is 17.2. The van der Waals surface area contributed by atoms with Crippen molar-refractivity contribution in [2.45, 2.75) is 5.41 Å². The van der Waals surface area contributed by atoms with E-state index in [1.54, 1.807) is 0 Å². The SMILES string of the molecule is c1ccc(-c2ccc(-c3ccc(N(c4ccc(-c5ccccc5)cc4)c4cccc5c4-c4ccccc4C5(c4ccccc4)c4ccc(-c5cccc6ccccc56)cc4)cc3)cc2)cc1. The largest absolute Gasteiger partial charge is 0.310 e. The first-order valence-electron chi connectivity index (χ1n) is 22.8. The summed E-state index contributed by atoms with van der Waals surface area (Å²) in [6, 6.07) is 100. The highest BCUT2D eigenvalue weighted by Crippen LogP contribution is 2.59. The fourth-order valence-corrected chi connectivity index (χ4v) is 10.5. The monoisotopic (exact) mass is 839 g/mol. The zero-order valence-corrected chi connectivity index (χ0v) is 36.4. The maximum atomic E-state index is 2.46. The van der Waals surface area contributed by atoms with E-state index in [9.17, 15) is 0 Å². The van der Waals surface area contributed by atoms with Crippen LogP contribution in [0.3, 0.4) is 0 Å². The number of fused-ring (bicyclic) bond motifs is 4. The summed E-state index contributed by atoms with van der Waals surface area (Å²) in [5.41, 5.74) is 19.9. The van der Waals surface area contributed by atoms with E-state index in [2.05, 4.69) is 278 Å². The average molecular weight is 840 g/mol. The molecule has 0 saturated heterocycles. The third-order valence-corrected chi connectivity index (χ3v) is 13.6. The molecule has 1 heteroatoms. The minimum atomic E-state index is -0.570. The van der Waals surface area contributed by atoms with Crippen LogP contribution in [-0.2, 0) is 5.41 Å². The Morgan fingerprint density at radius 2 is 0.667 bits per heavy atom. The molecule has 0 radical (unpaired) electrons. The van der Waals surface area contributed by atoms with Crippen molar-refractivity contribution < 1.29 is 0 Å². The molecule has 0 bridgehead atoms. The van der Waals surface area contributed by atoms with Crippen LogP contribution in [0.25, 0.3) is 66.4 Å². The molecule has 1 unspecified atom stereocenters. The lowest BCUT2D eigenvalue weighted by atomic mass is 9.67. The predicted octanol–water partition coefficient (Wildman–Crippen LogP) is 17.3. The Kier molecular flexibility index (Phi) is 9.81. The lowest BCUT2D eigenvalue weighted by molar-refractivity contribution is 0.768. The van der Waals surface area contributed by atoms with Crippen LogP contribution in [0.5, 0.6) is 0 Å². The third-order valence-electron chi connectivity index (χ3n) is 13.6. The Labute approximate surface area is 387 Å². The lowest BCUT2D eigenvalue weighted by Gasteiger charge is -2.34. The molecule has 0 aromatic heterocycles. The van der Waals surface area contributed by atoms with Crippen molar-refractivity contribution in [3.63, 3.8) is 0 Å². The van der Waals surface area contributed by atoms with Crippen molar-refractivity contribution in [2.75, 3.05) is 4.90 Å². The molecule has 0 aliphatic heterocycles. The average Bonchev–Trinajstić information content (AvgIpc) is 3.71. The summed E-state index contributed by atoms with van der Waals surface area (Å²) in [6.45, 7) is 0. The molecule has 0 fully saturated rings. The van der Waals surface area contributed by atoms with Gasteiger partial charge in [-0.2, -0.15) is 0 Å². The number of hydrogen-bond donors (Lipinski definition) is 0. The molecule has 1 aliphatic rings. The number of hydrogen-bond acceptors (Lipinski definition) is 1. The zero-order chi connectivity index (χ0) is 43.9. The highest BCUT2D eigenvalue weighted by atomic mass is 15.1. The van der Waals surface area contributed by atoms with E-state index in [4.69, 9.17) is 0 Å². The molecular weight excluding hydrogens is 795 g/mol. The van der Waals surface area contributed by atoms with Gasteiger partial charge in [0.2, 0.25) is 0 Å². The summed E-state index contributed by atoms with van der Waals surface area (Å²) in [6.07, 6.45) is 0. The van der Waals surface area contributed by atoms with Gasteiger partial charge >= 0.3 is 0 Å². The second-order valence-corrected chi connectivity index (χ2v) is 17.2. The molecule has 1 atom stereocenters. The van der Waals surface area contributed by atoms with E-state index in [1.807, 2.05) is 0 Å². The van der Waals surface area contributed by atoms with E-state index in [1.165, 1.54) is 88.7 Å². The van der Waals surface area contributed by atoms with Crippen LogP contribution in [0, 0.1) is 0 Å². The second kappa shape index (κ2) is 16.6. The van der Waals surface area contributed by atoms with Crippen LogP contribution in [0.15, 0.2) is 273 Å². The third kappa shape index (κ3) is 6.64. The van der Waals surface area contributed by atoms with Gasteiger partial charge in [0.1, 0.15) is 0 Å². The van der Waals surface area contributed by atoms with Gasteiger partial charge < -0.3 is 4.90 Å². The molecule has 0 spiro atoms. The molecule has 0 N–H and O–H groups in total. The van der Waals surface area contributed by atoms with Gasteiger partial charge in [0.05, 0.1) is 11.1 Å². The van der Waals surface area contributed by atoms with Crippen LogP contribution in [0.2, 0.25) is 0 Å². The zero-order valence-electron chi connectivity index (χ0n) is 36.4. The van der Waals surface area contributed by atoms with Crippen molar-refractivity contribution in [3.05, 3.63) is 295 Å². The first kappa shape index (κ1) is 39.1. The molecule has 66 heavy (non-hydrogen) atoms. The van der Waals surface area contributed by atoms with Gasteiger partial charge in [-0.05, 0) is 113 Å². The summed E-state index contributed by atoms with van der Waals surface area (Å²) in [5, 5.41) is 2.51. The summed E-state index contributed by atoms with van der Waals surface area (Å²) in [4.78, 5) is 2.46. The minimum Gasteiger partial charge on any atom is -0.310 e. The molecule has 0 amide bonds. The number of rotatable bonds is 9. The standard InChI is InChI=1S/C65H45N/c1-4-16-46(17-5-1)48-30-32-49(33-31-48)51-38-44-57(45-39-51)66(56-42-36-50(37-43-56)47-18-6-2-7-19-47)63-29-15-28-62-64(63)60-25-12-13-27-61(60)65(62,54-22-8-3-9-23-54)55-40-34-53(35-41-55)59-26-14-21-52-20-10-11-24-58(52)59/h1-45H. The highest BCUT2D eigenvalue weighted by Gasteiger charge is 2.47. The van der Waals surface area contributed by atoms with Crippen molar-refractivity contribution in [2.24, 2.45) is 0 Å². The number of anilines is 3. The Morgan fingerprint density at radius 3 is 1.27 bits per heavy atom. The van der Waals surface area contributed by atoms with Crippen molar-refractivity contribution in [3.8, 4) is 55.6 Å². The molecule has 11 aromatic rings. The van der Waals surface area contributed by atoms with E-state index in [0.717, 1.165) is 17.1 Å². The van der Waals surface area contributed by atoms with E-state index in [-0.39, 0.29) is 0 Å². The summed E-state index contributed by atoms with van der Waals surface area (Å²) >= 11 is 0. The first-order valence-corrected chi connectivity index (χ1v) is 22.8. The lowest BCUT2D eigenvalue weighted by Crippen LogP contribution is -2.28. The molecule has 0 heterocycles. The van der Waals surface area contributed by atoms with Gasteiger partial charge in [0.15, 0.2) is 0 Å².